The number of phenolic OH excluding ortho intramolecular Hbond substituents is 1. The third kappa shape index (κ3) is 3.24. The number of benzene rings is 1. The summed E-state index contributed by atoms with van der Waals surface area (Å²) in [4.78, 5) is 2.32. The molecule has 1 aromatic rings. The van der Waals surface area contributed by atoms with Crippen LogP contribution in [0.15, 0.2) is 12.1 Å². The highest BCUT2D eigenvalue weighted by Gasteiger charge is 2.35. The smallest absolute Gasteiger partial charge is 0.141 e. The van der Waals surface area contributed by atoms with Gasteiger partial charge in [0.2, 0.25) is 0 Å². The average Bonchev–Trinajstić information content (AvgIpc) is 2.57. The highest BCUT2D eigenvalue weighted by Crippen LogP contribution is 2.44. The average molecular weight is 327 g/mol. The summed E-state index contributed by atoms with van der Waals surface area (Å²) in [5, 5.41) is 14.0. The Labute approximate surface area is 136 Å². The van der Waals surface area contributed by atoms with Crippen molar-refractivity contribution in [2.75, 3.05) is 26.2 Å². The Morgan fingerprint density at radius 1 is 1.18 bits per heavy atom. The SMILES string of the molecule is Oc1c(Cl)ccc(F)c1[C@H](C1CCCCC1)N1CCNCC1. The lowest BCUT2D eigenvalue weighted by atomic mass is 9.79. The predicted octanol–water partition coefficient (Wildman–Crippen LogP) is 3.71. The van der Waals surface area contributed by atoms with E-state index >= 15 is 0 Å². The van der Waals surface area contributed by atoms with Gasteiger partial charge in [-0.25, -0.2) is 4.39 Å². The maximum Gasteiger partial charge on any atom is 0.141 e. The maximum atomic E-state index is 14.5. The topological polar surface area (TPSA) is 35.5 Å². The van der Waals surface area contributed by atoms with Crippen LogP contribution in [-0.2, 0) is 0 Å². The number of nitrogens with one attached hydrogen (secondary N) is 1. The fourth-order valence-corrected chi connectivity index (χ4v) is 4.13. The Kier molecular flexibility index (Phi) is 5.21. The van der Waals surface area contributed by atoms with Crippen molar-refractivity contribution in [2.24, 2.45) is 5.92 Å². The van der Waals surface area contributed by atoms with E-state index < -0.39 is 0 Å². The fraction of sp³-hybridized carbons (Fsp3) is 0.647. The Morgan fingerprint density at radius 3 is 2.55 bits per heavy atom. The predicted molar refractivity (Wildman–Crippen MR) is 86.8 cm³/mol. The third-order valence-corrected chi connectivity index (χ3v) is 5.36. The number of aromatic hydroxyl groups is 1. The molecule has 1 aliphatic heterocycles. The van der Waals surface area contributed by atoms with Crippen molar-refractivity contribution in [3.8, 4) is 5.75 Å². The number of piperazine rings is 1. The van der Waals surface area contributed by atoms with Gasteiger partial charge in [-0.15, -0.1) is 0 Å². The highest BCUT2D eigenvalue weighted by molar-refractivity contribution is 6.32. The van der Waals surface area contributed by atoms with E-state index in [2.05, 4.69) is 10.2 Å². The molecule has 5 heteroatoms. The van der Waals surface area contributed by atoms with Gasteiger partial charge in [-0.3, -0.25) is 4.90 Å². The molecule has 1 atom stereocenters. The van der Waals surface area contributed by atoms with Crippen LogP contribution in [0.4, 0.5) is 4.39 Å². The van der Waals surface area contributed by atoms with E-state index in [0.29, 0.717) is 11.5 Å². The van der Waals surface area contributed by atoms with E-state index in [-0.39, 0.29) is 22.6 Å². The second kappa shape index (κ2) is 7.16. The van der Waals surface area contributed by atoms with Crippen LogP contribution in [0.5, 0.6) is 5.75 Å². The van der Waals surface area contributed by atoms with Crippen molar-refractivity contribution in [3.63, 3.8) is 0 Å². The van der Waals surface area contributed by atoms with Crippen molar-refractivity contribution in [1.82, 2.24) is 10.2 Å². The zero-order chi connectivity index (χ0) is 15.5. The number of hydrogen-bond acceptors (Lipinski definition) is 3. The molecular formula is C17H24ClFN2O. The lowest BCUT2D eigenvalue weighted by Crippen LogP contribution is -2.47. The van der Waals surface area contributed by atoms with E-state index in [1.807, 2.05) is 0 Å². The summed E-state index contributed by atoms with van der Waals surface area (Å²) in [6.07, 6.45) is 5.83. The van der Waals surface area contributed by atoms with Crippen molar-refractivity contribution < 1.29 is 9.50 Å². The van der Waals surface area contributed by atoms with Gasteiger partial charge in [-0.05, 0) is 30.9 Å². The summed E-state index contributed by atoms with van der Waals surface area (Å²) in [7, 11) is 0. The molecule has 0 radical (unpaired) electrons. The van der Waals surface area contributed by atoms with E-state index in [0.717, 1.165) is 39.0 Å². The quantitative estimate of drug-likeness (QED) is 0.888. The van der Waals surface area contributed by atoms with Gasteiger partial charge in [0, 0.05) is 37.8 Å². The van der Waals surface area contributed by atoms with Gasteiger partial charge in [-0.2, -0.15) is 0 Å². The number of nitrogens with zero attached hydrogens (tertiary/aromatic N) is 1. The summed E-state index contributed by atoms with van der Waals surface area (Å²) < 4.78 is 14.5. The van der Waals surface area contributed by atoms with Crippen molar-refractivity contribution >= 4 is 11.6 Å². The van der Waals surface area contributed by atoms with Gasteiger partial charge in [0.25, 0.3) is 0 Å². The Hall–Kier alpha value is -0.840. The molecule has 1 heterocycles. The van der Waals surface area contributed by atoms with Gasteiger partial charge >= 0.3 is 0 Å². The second-order valence-electron chi connectivity index (χ2n) is 6.42. The molecule has 2 aliphatic rings. The molecule has 122 valence electrons. The van der Waals surface area contributed by atoms with Gasteiger partial charge in [0.15, 0.2) is 0 Å². The Balaban J connectivity index is 1.98. The molecule has 2 N–H and O–H groups in total. The minimum atomic E-state index is -0.337. The van der Waals surface area contributed by atoms with Crippen molar-refractivity contribution in [1.29, 1.82) is 0 Å². The molecule has 1 saturated heterocycles. The minimum absolute atomic E-state index is 0.0684. The van der Waals surface area contributed by atoms with E-state index in [9.17, 15) is 9.50 Å². The maximum absolute atomic E-state index is 14.5. The Morgan fingerprint density at radius 2 is 1.86 bits per heavy atom. The standard InChI is InChI=1S/C17H24ClFN2O/c18-13-6-7-14(19)15(17(13)22)16(12-4-2-1-3-5-12)21-10-8-20-9-11-21/h6-7,12,16,20,22H,1-5,8-11H2/t16-/m0/s1. The fourth-order valence-electron chi connectivity index (χ4n) is 3.96. The molecule has 0 bridgehead atoms. The first-order valence-electron chi connectivity index (χ1n) is 8.30. The molecule has 0 aromatic heterocycles. The van der Waals surface area contributed by atoms with E-state index in [1.54, 1.807) is 0 Å². The van der Waals surface area contributed by atoms with Crippen LogP contribution in [-0.4, -0.2) is 36.2 Å². The third-order valence-electron chi connectivity index (χ3n) is 5.05. The summed E-state index contributed by atoms with van der Waals surface area (Å²) in [6, 6.07) is 2.75. The number of halogens is 2. The van der Waals surface area contributed by atoms with Gasteiger partial charge < -0.3 is 10.4 Å². The minimum Gasteiger partial charge on any atom is -0.506 e. The highest BCUT2D eigenvalue weighted by atomic mass is 35.5. The molecular weight excluding hydrogens is 303 g/mol. The lowest BCUT2D eigenvalue weighted by molar-refractivity contribution is 0.0984. The van der Waals surface area contributed by atoms with Crippen LogP contribution in [0.2, 0.25) is 5.02 Å². The van der Waals surface area contributed by atoms with Crippen LogP contribution in [0.1, 0.15) is 43.7 Å². The second-order valence-corrected chi connectivity index (χ2v) is 6.83. The van der Waals surface area contributed by atoms with E-state index in [1.165, 1.54) is 31.4 Å². The van der Waals surface area contributed by atoms with Crippen LogP contribution >= 0.6 is 11.6 Å². The monoisotopic (exact) mass is 326 g/mol. The summed E-state index contributed by atoms with van der Waals surface area (Å²) in [5.41, 5.74) is 0.404. The molecule has 0 unspecified atom stereocenters. The Bertz CT molecular complexity index is 496. The normalized spacial score (nSPS) is 22.6. The van der Waals surface area contributed by atoms with Crippen LogP contribution in [0.3, 0.4) is 0 Å². The summed E-state index contributed by atoms with van der Waals surface area (Å²) in [5.74, 6) is -0.0162. The van der Waals surface area contributed by atoms with Crippen molar-refractivity contribution in [3.05, 3.63) is 28.5 Å². The molecule has 3 rings (SSSR count). The molecule has 1 saturated carbocycles. The van der Waals surface area contributed by atoms with Crippen LogP contribution in [0.25, 0.3) is 0 Å². The van der Waals surface area contributed by atoms with Gasteiger partial charge in [0.1, 0.15) is 11.6 Å². The summed E-state index contributed by atoms with van der Waals surface area (Å²) >= 11 is 6.06. The zero-order valence-corrected chi connectivity index (χ0v) is 13.6. The molecule has 0 amide bonds. The zero-order valence-electron chi connectivity index (χ0n) is 12.8. The van der Waals surface area contributed by atoms with Crippen LogP contribution in [0, 0.1) is 11.7 Å². The molecule has 2 fully saturated rings. The summed E-state index contributed by atoms with van der Waals surface area (Å²) in [6.45, 7) is 3.58. The first-order chi connectivity index (χ1) is 10.7. The molecule has 3 nitrogen and oxygen atoms in total. The molecule has 1 aromatic carbocycles. The van der Waals surface area contributed by atoms with Crippen molar-refractivity contribution in [2.45, 2.75) is 38.1 Å². The molecule has 1 aliphatic carbocycles. The number of hydrogen-bond donors (Lipinski definition) is 2. The van der Waals surface area contributed by atoms with Gasteiger partial charge in [-0.1, -0.05) is 30.9 Å². The number of rotatable bonds is 3. The van der Waals surface area contributed by atoms with Crippen LogP contribution < -0.4 is 5.32 Å². The first kappa shape index (κ1) is 16.0. The number of phenols is 1. The van der Waals surface area contributed by atoms with Gasteiger partial charge in [0.05, 0.1) is 5.02 Å². The molecule has 22 heavy (non-hydrogen) atoms. The molecule has 0 spiro atoms. The first-order valence-corrected chi connectivity index (χ1v) is 8.68. The van der Waals surface area contributed by atoms with E-state index in [4.69, 9.17) is 11.6 Å². The largest absolute Gasteiger partial charge is 0.506 e. The lowest BCUT2D eigenvalue weighted by Gasteiger charge is -2.41.